The number of halogens is 3. The molecule has 2 aromatic carbocycles. The summed E-state index contributed by atoms with van der Waals surface area (Å²) in [6.07, 6.45) is -2.75. The fourth-order valence-electron chi connectivity index (χ4n) is 3.67. The number of nitrogens with one attached hydrogen (secondary N) is 1. The van der Waals surface area contributed by atoms with Crippen molar-refractivity contribution in [1.82, 2.24) is 0 Å². The number of ether oxygens (including phenoxy) is 1. The van der Waals surface area contributed by atoms with Crippen LogP contribution in [0.25, 0.3) is 6.08 Å². The smallest absolute Gasteiger partial charge is 0.389 e. The lowest BCUT2D eigenvalue weighted by atomic mass is 9.91. The number of carboxylic acid groups (broad SMARTS) is 1. The molecule has 3 rings (SSSR count). The van der Waals surface area contributed by atoms with Gasteiger partial charge in [0.2, 0.25) is 0 Å². The molecule has 1 unspecified atom stereocenters. The van der Waals surface area contributed by atoms with E-state index in [1.807, 2.05) is 6.07 Å². The van der Waals surface area contributed by atoms with Crippen molar-refractivity contribution in [1.29, 1.82) is 0 Å². The number of carboxylic acids is 1. The van der Waals surface area contributed by atoms with Crippen LogP contribution in [-0.4, -0.2) is 30.9 Å². The van der Waals surface area contributed by atoms with Crippen molar-refractivity contribution >= 4 is 23.4 Å². The van der Waals surface area contributed by atoms with E-state index in [0.29, 0.717) is 35.5 Å². The number of nitrogen functional groups attached to an aromatic ring is 1. The molecule has 0 saturated carbocycles. The number of rotatable bonds is 5. The molecule has 0 fully saturated rings. The molecule has 0 spiro atoms. The highest BCUT2D eigenvalue weighted by Gasteiger charge is 2.34. The summed E-state index contributed by atoms with van der Waals surface area (Å²) < 4.78 is 44.7. The van der Waals surface area contributed by atoms with Crippen molar-refractivity contribution in [3.63, 3.8) is 0 Å². The number of hydrogen-bond donors (Lipinski definition) is 3. The van der Waals surface area contributed by atoms with E-state index in [2.05, 4.69) is 17.2 Å². The maximum Gasteiger partial charge on any atom is 0.389 e. The standard InChI is InChI=1S/C24H23F3N2O3/c1-32-22-13-17(23(30)31)9-10-21(22)29-11-3-5-16-12-19-15(4-2-6-20(19)28)7-8-18(16)14-24(25,26)27/h2,4,6,9-10,12-13,18,29H,7-8,11,14,28H2,1H3,(H,30,31). The van der Waals surface area contributed by atoms with Crippen LogP contribution in [0.2, 0.25) is 0 Å². The third-order valence-corrected chi connectivity index (χ3v) is 5.26. The lowest BCUT2D eigenvalue weighted by molar-refractivity contribution is -0.141. The summed E-state index contributed by atoms with van der Waals surface area (Å²) in [6, 6.07) is 9.75. The normalized spacial score (nSPS) is 15.5. The number of carbonyl (C=O) groups is 1. The maximum absolute atomic E-state index is 13.2. The Morgan fingerprint density at radius 2 is 2.09 bits per heavy atom. The van der Waals surface area contributed by atoms with Crippen molar-refractivity contribution in [2.24, 2.45) is 5.92 Å². The first-order chi connectivity index (χ1) is 15.2. The molecule has 0 saturated heterocycles. The van der Waals surface area contributed by atoms with Gasteiger partial charge in [0.05, 0.1) is 31.3 Å². The quantitative estimate of drug-likeness (QED) is 0.447. The fourth-order valence-corrected chi connectivity index (χ4v) is 3.67. The molecule has 0 bridgehead atoms. The summed E-state index contributed by atoms with van der Waals surface area (Å²) in [5, 5.41) is 12.1. The van der Waals surface area contributed by atoms with Gasteiger partial charge < -0.3 is 20.9 Å². The van der Waals surface area contributed by atoms with E-state index in [4.69, 9.17) is 15.6 Å². The molecule has 8 heteroatoms. The van der Waals surface area contributed by atoms with Gasteiger partial charge in [-0.3, -0.25) is 0 Å². The summed E-state index contributed by atoms with van der Waals surface area (Å²) in [7, 11) is 1.41. The highest BCUT2D eigenvalue weighted by Crippen LogP contribution is 2.36. The van der Waals surface area contributed by atoms with E-state index in [0.717, 1.165) is 11.1 Å². The van der Waals surface area contributed by atoms with E-state index in [1.54, 1.807) is 24.3 Å². The number of nitrogens with two attached hydrogens (primary N) is 1. The average molecular weight is 444 g/mol. The zero-order chi connectivity index (χ0) is 23.3. The van der Waals surface area contributed by atoms with Gasteiger partial charge in [-0.25, -0.2) is 4.79 Å². The lowest BCUT2D eigenvalue weighted by Crippen LogP contribution is -2.16. The Bertz CT molecular complexity index is 1100. The van der Waals surface area contributed by atoms with E-state index < -0.39 is 24.5 Å². The second-order valence-corrected chi connectivity index (χ2v) is 7.45. The molecular weight excluding hydrogens is 421 g/mol. The Labute approximate surface area is 184 Å². The number of benzene rings is 2. The van der Waals surface area contributed by atoms with Gasteiger partial charge in [-0.1, -0.05) is 24.0 Å². The van der Waals surface area contributed by atoms with Crippen LogP contribution in [0.1, 0.15) is 34.3 Å². The van der Waals surface area contributed by atoms with Crippen LogP contribution >= 0.6 is 0 Å². The average Bonchev–Trinajstić information content (AvgIpc) is 2.90. The van der Waals surface area contributed by atoms with Gasteiger partial charge in [-0.15, -0.1) is 0 Å². The molecule has 0 heterocycles. The minimum absolute atomic E-state index is 0.0772. The van der Waals surface area contributed by atoms with Crippen LogP contribution < -0.4 is 15.8 Å². The second-order valence-electron chi connectivity index (χ2n) is 7.45. The first-order valence-electron chi connectivity index (χ1n) is 9.97. The summed E-state index contributed by atoms with van der Waals surface area (Å²) in [5.41, 5.74) is 9.21. The number of allylic oxidation sites excluding steroid dienone is 1. The minimum atomic E-state index is -4.30. The fraction of sp³-hybridized carbons (Fsp3) is 0.292. The molecule has 0 radical (unpaired) electrons. The zero-order valence-corrected chi connectivity index (χ0v) is 17.4. The number of alkyl halides is 3. The van der Waals surface area contributed by atoms with Gasteiger partial charge in [0.1, 0.15) is 5.75 Å². The maximum atomic E-state index is 13.2. The molecule has 32 heavy (non-hydrogen) atoms. The van der Waals surface area contributed by atoms with Crippen molar-refractivity contribution in [3.8, 4) is 17.6 Å². The molecule has 1 atom stereocenters. The number of methoxy groups -OCH3 is 1. The van der Waals surface area contributed by atoms with Crippen molar-refractivity contribution in [3.05, 3.63) is 58.7 Å². The number of aryl methyl sites for hydroxylation is 1. The summed E-state index contributed by atoms with van der Waals surface area (Å²) >= 11 is 0. The Morgan fingerprint density at radius 1 is 1.31 bits per heavy atom. The molecule has 168 valence electrons. The van der Waals surface area contributed by atoms with Crippen molar-refractivity contribution in [2.45, 2.75) is 25.4 Å². The Hall–Kier alpha value is -3.60. The van der Waals surface area contributed by atoms with Crippen molar-refractivity contribution < 1.29 is 27.8 Å². The van der Waals surface area contributed by atoms with Gasteiger partial charge in [0.15, 0.2) is 0 Å². The van der Waals surface area contributed by atoms with E-state index in [1.165, 1.54) is 19.2 Å². The first kappa shape index (κ1) is 23.1. The molecule has 5 nitrogen and oxygen atoms in total. The van der Waals surface area contributed by atoms with Crippen LogP contribution in [0, 0.1) is 17.8 Å². The number of anilines is 2. The molecule has 0 amide bonds. The zero-order valence-electron chi connectivity index (χ0n) is 17.4. The SMILES string of the molecule is COc1cc(C(=O)O)ccc1NCC#CC1=Cc2c(N)cccc2CCC1CC(F)(F)F. The van der Waals surface area contributed by atoms with E-state index >= 15 is 0 Å². The number of hydrogen-bond acceptors (Lipinski definition) is 4. The highest BCUT2D eigenvalue weighted by atomic mass is 19.4. The number of fused-ring (bicyclic) bond motifs is 1. The number of aromatic carboxylic acids is 1. The Balaban J connectivity index is 1.83. The molecule has 2 aromatic rings. The molecule has 0 aliphatic heterocycles. The van der Waals surface area contributed by atoms with Gasteiger partial charge in [-0.05, 0) is 48.7 Å². The minimum Gasteiger partial charge on any atom is -0.495 e. The van der Waals surface area contributed by atoms with Gasteiger partial charge in [-0.2, -0.15) is 13.2 Å². The van der Waals surface area contributed by atoms with Gasteiger partial charge >= 0.3 is 12.1 Å². The predicted octanol–water partition coefficient (Wildman–Crippen LogP) is 4.99. The molecular formula is C24H23F3N2O3. The topological polar surface area (TPSA) is 84.6 Å². The highest BCUT2D eigenvalue weighted by molar-refractivity contribution is 5.89. The summed E-state index contributed by atoms with van der Waals surface area (Å²) in [4.78, 5) is 11.1. The Morgan fingerprint density at radius 3 is 2.78 bits per heavy atom. The third-order valence-electron chi connectivity index (χ3n) is 5.26. The lowest BCUT2D eigenvalue weighted by Gasteiger charge is -2.17. The molecule has 4 N–H and O–H groups in total. The summed E-state index contributed by atoms with van der Waals surface area (Å²) in [5.74, 6) is 4.28. The first-order valence-corrected chi connectivity index (χ1v) is 9.97. The molecule has 1 aliphatic carbocycles. The second kappa shape index (κ2) is 9.69. The van der Waals surface area contributed by atoms with Crippen LogP contribution in [0.15, 0.2) is 42.0 Å². The van der Waals surface area contributed by atoms with Crippen LogP contribution in [0.3, 0.4) is 0 Å². The van der Waals surface area contributed by atoms with Gasteiger partial charge in [0, 0.05) is 22.7 Å². The molecule has 0 aromatic heterocycles. The Kier molecular flexibility index (Phi) is 6.98. The third kappa shape index (κ3) is 5.76. The predicted molar refractivity (Wildman–Crippen MR) is 118 cm³/mol. The molecule has 1 aliphatic rings. The van der Waals surface area contributed by atoms with Crippen molar-refractivity contribution in [2.75, 3.05) is 24.7 Å². The van der Waals surface area contributed by atoms with Crippen LogP contribution in [0.5, 0.6) is 5.75 Å². The van der Waals surface area contributed by atoms with E-state index in [-0.39, 0.29) is 12.1 Å². The largest absolute Gasteiger partial charge is 0.495 e. The van der Waals surface area contributed by atoms with Crippen LogP contribution in [-0.2, 0) is 6.42 Å². The monoisotopic (exact) mass is 444 g/mol. The van der Waals surface area contributed by atoms with E-state index in [9.17, 15) is 18.0 Å². The van der Waals surface area contributed by atoms with Gasteiger partial charge in [0.25, 0.3) is 0 Å². The summed E-state index contributed by atoms with van der Waals surface area (Å²) in [6.45, 7) is 0.135. The van der Waals surface area contributed by atoms with Crippen LogP contribution in [0.4, 0.5) is 24.5 Å².